The van der Waals surface area contributed by atoms with Gasteiger partial charge in [0, 0.05) is 19.8 Å². The maximum absolute atomic E-state index is 12.2. The Kier molecular flexibility index (Phi) is 6.61. The summed E-state index contributed by atoms with van der Waals surface area (Å²) in [5.41, 5.74) is 0.704. The largest absolute Gasteiger partial charge is 0.381 e. The van der Waals surface area contributed by atoms with Crippen LogP contribution in [0, 0.1) is 0 Å². The van der Waals surface area contributed by atoms with E-state index in [2.05, 4.69) is 6.92 Å². The molecule has 18 heavy (non-hydrogen) atoms. The Bertz CT molecular complexity index is 344. The van der Waals surface area contributed by atoms with E-state index in [9.17, 15) is 4.79 Å². The maximum atomic E-state index is 12.2. The molecule has 1 aromatic carbocycles. The number of carbonyl (C=O) groups excluding carboxylic acids is 1. The second-order valence-corrected chi connectivity index (χ2v) is 4.30. The van der Waals surface area contributed by atoms with Crippen molar-refractivity contribution in [3.8, 4) is 0 Å². The van der Waals surface area contributed by atoms with E-state index in [0.29, 0.717) is 12.0 Å². The molecule has 2 atom stereocenters. The van der Waals surface area contributed by atoms with Crippen LogP contribution in [0.25, 0.3) is 0 Å². The van der Waals surface area contributed by atoms with Gasteiger partial charge in [-0.05, 0) is 19.3 Å². The zero-order valence-electron chi connectivity index (χ0n) is 11.4. The monoisotopic (exact) mass is 250 g/mol. The van der Waals surface area contributed by atoms with Gasteiger partial charge in [0.05, 0.1) is 6.10 Å². The summed E-state index contributed by atoms with van der Waals surface area (Å²) in [5.74, 6) is 0.0454. The van der Waals surface area contributed by atoms with E-state index in [-0.39, 0.29) is 18.0 Å². The molecule has 0 aromatic heterocycles. The molecule has 100 valence electrons. The second-order valence-electron chi connectivity index (χ2n) is 4.30. The van der Waals surface area contributed by atoms with Crippen molar-refractivity contribution < 1.29 is 14.3 Å². The van der Waals surface area contributed by atoms with Crippen molar-refractivity contribution in [2.75, 3.05) is 14.2 Å². The molecule has 2 unspecified atom stereocenters. The number of ether oxygens (including phenoxy) is 2. The third-order valence-corrected chi connectivity index (χ3v) is 3.17. The number of methoxy groups -OCH3 is 2. The van der Waals surface area contributed by atoms with Crippen LogP contribution in [0.15, 0.2) is 30.3 Å². The van der Waals surface area contributed by atoms with Crippen molar-refractivity contribution in [3.63, 3.8) is 0 Å². The SMILES string of the molecule is CCC(CCC(OC)C(=O)c1ccccc1)OC. The molecule has 0 saturated heterocycles. The first-order valence-corrected chi connectivity index (χ1v) is 6.37. The van der Waals surface area contributed by atoms with Gasteiger partial charge >= 0.3 is 0 Å². The van der Waals surface area contributed by atoms with Gasteiger partial charge in [0.25, 0.3) is 0 Å². The van der Waals surface area contributed by atoms with Crippen molar-refractivity contribution in [1.29, 1.82) is 0 Å². The summed E-state index contributed by atoms with van der Waals surface area (Å²) in [6, 6.07) is 9.27. The van der Waals surface area contributed by atoms with Gasteiger partial charge in [0.1, 0.15) is 6.10 Å². The number of hydrogen-bond donors (Lipinski definition) is 0. The highest BCUT2D eigenvalue weighted by atomic mass is 16.5. The van der Waals surface area contributed by atoms with Gasteiger partial charge in [-0.3, -0.25) is 4.79 Å². The minimum absolute atomic E-state index is 0.0454. The van der Waals surface area contributed by atoms with E-state index in [1.54, 1.807) is 14.2 Å². The predicted molar refractivity (Wildman–Crippen MR) is 71.9 cm³/mol. The second kappa shape index (κ2) is 8.01. The molecule has 0 saturated carbocycles. The highest BCUT2D eigenvalue weighted by Gasteiger charge is 2.20. The van der Waals surface area contributed by atoms with E-state index in [1.807, 2.05) is 30.3 Å². The maximum Gasteiger partial charge on any atom is 0.191 e. The first-order valence-electron chi connectivity index (χ1n) is 6.37. The van der Waals surface area contributed by atoms with Crippen molar-refractivity contribution in [2.24, 2.45) is 0 Å². The van der Waals surface area contributed by atoms with Gasteiger partial charge in [-0.25, -0.2) is 0 Å². The number of hydrogen-bond acceptors (Lipinski definition) is 3. The molecular formula is C15H22O3. The van der Waals surface area contributed by atoms with Crippen molar-refractivity contribution in [3.05, 3.63) is 35.9 Å². The average molecular weight is 250 g/mol. The molecule has 1 aromatic rings. The first kappa shape index (κ1) is 14.9. The summed E-state index contributed by atoms with van der Waals surface area (Å²) in [4.78, 5) is 12.2. The molecule has 0 aliphatic carbocycles. The number of carbonyl (C=O) groups is 1. The van der Waals surface area contributed by atoms with Crippen molar-refractivity contribution >= 4 is 5.78 Å². The Labute approximate surface area is 109 Å². The van der Waals surface area contributed by atoms with Crippen LogP contribution in [-0.2, 0) is 9.47 Å². The summed E-state index contributed by atoms with van der Waals surface area (Å²) in [6.45, 7) is 2.08. The summed E-state index contributed by atoms with van der Waals surface area (Å²) in [6.07, 6.45) is 2.30. The van der Waals surface area contributed by atoms with E-state index >= 15 is 0 Å². The molecule has 0 amide bonds. The fourth-order valence-corrected chi connectivity index (χ4v) is 1.97. The lowest BCUT2D eigenvalue weighted by Gasteiger charge is -2.18. The number of benzene rings is 1. The van der Waals surface area contributed by atoms with E-state index < -0.39 is 0 Å². The molecule has 0 fully saturated rings. The van der Waals surface area contributed by atoms with Crippen LogP contribution in [0.3, 0.4) is 0 Å². The molecule has 0 spiro atoms. The molecule has 0 radical (unpaired) electrons. The molecule has 1 rings (SSSR count). The van der Waals surface area contributed by atoms with Crippen LogP contribution in [0.2, 0.25) is 0 Å². The zero-order chi connectivity index (χ0) is 13.4. The minimum atomic E-state index is -0.378. The molecule has 3 nitrogen and oxygen atoms in total. The van der Waals surface area contributed by atoms with Gasteiger partial charge in [0.2, 0.25) is 0 Å². The van der Waals surface area contributed by atoms with Crippen LogP contribution in [-0.4, -0.2) is 32.2 Å². The Hall–Kier alpha value is -1.19. The Morgan fingerprint density at radius 2 is 1.78 bits per heavy atom. The van der Waals surface area contributed by atoms with Gasteiger partial charge in [-0.2, -0.15) is 0 Å². The smallest absolute Gasteiger partial charge is 0.191 e. The zero-order valence-corrected chi connectivity index (χ0v) is 11.4. The van der Waals surface area contributed by atoms with Gasteiger partial charge in [-0.15, -0.1) is 0 Å². The highest BCUT2D eigenvalue weighted by Crippen LogP contribution is 2.14. The van der Waals surface area contributed by atoms with Crippen molar-refractivity contribution in [2.45, 2.75) is 38.4 Å². The predicted octanol–water partition coefficient (Wildman–Crippen LogP) is 3.09. The Morgan fingerprint density at radius 1 is 1.11 bits per heavy atom. The summed E-state index contributed by atoms with van der Waals surface area (Å²) in [7, 11) is 3.29. The summed E-state index contributed by atoms with van der Waals surface area (Å²) >= 11 is 0. The third-order valence-electron chi connectivity index (χ3n) is 3.17. The molecule has 0 heterocycles. The van der Waals surface area contributed by atoms with E-state index in [1.165, 1.54) is 0 Å². The summed E-state index contributed by atoms with van der Waals surface area (Å²) < 4.78 is 10.6. The quantitative estimate of drug-likeness (QED) is 0.665. The van der Waals surface area contributed by atoms with E-state index in [4.69, 9.17) is 9.47 Å². The Morgan fingerprint density at radius 3 is 2.28 bits per heavy atom. The lowest BCUT2D eigenvalue weighted by atomic mass is 10.0. The number of rotatable bonds is 8. The topological polar surface area (TPSA) is 35.5 Å². The normalized spacial score (nSPS) is 14.2. The minimum Gasteiger partial charge on any atom is -0.381 e. The molecule has 0 aliphatic rings. The number of Topliss-reactive ketones (excluding diaryl/α,β-unsaturated/α-hetero) is 1. The van der Waals surface area contributed by atoms with Crippen LogP contribution in [0.4, 0.5) is 0 Å². The lowest BCUT2D eigenvalue weighted by Crippen LogP contribution is -2.25. The summed E-state index contributed by atoms with van der Waals surface area (Å²) in [5, 5.41) is 0. The third kappa shape index (κ3) is 4.24. The molecule has 0 N–H and O–H groups in total. The standard InChI is InChI=1S/C15H22O3/c1-4-13(17-2)10-11-14(18-3)15(16)12-8-6-5-7-9-12/h5-9,13-14H,4,10-11H2,1-3H3. The molecule has 3 heteroatoms. The van der Waals surface area contributed by atoms with Crippen LogP contribution in [0.1, 0.15) is 36.5 Å². The lowest BCUT2D eigenvalue weighted by molar-refractivity contribution is 0.0434. The van der Waals surface area contributed by atoms with Gasteiger partial charge in [0.15, 0.2) is 5.78 Å². The van der Waals surface area contributed by atoms with Crippen LogP contribution < -0.4 is 0 Å². The molecule has 0 bridgehead atoms. The van der Waals surface area contributed by atoms with Crippen LogP contribution in [0.5, 0.6) is 0 Å². The average Bonchev–Trinajstić information content (AvgIpc) is 2.44. The highest BCUT2D eigenvalue weighted by molar-refractivity contribution is 5.99. The van der Waals surface area contributed by atoms with Gasteiger partial charge < -0.3 is 9.47 Å². The van der Waals surface area contributed by atoms with Crippen LogP contribution >= 0.6 is 0 Å². The van der Waals surface area contributed by atoms with E-state index in [0.717, 1.165) is 12.8 Å². The molecule has 0 aliphatic heterocycles. The fraction of sp³-hybridized carbons (Fsp3) is 0.533. The fourth-order valence-electron chi connectivity index (χ4n) is 1.97. The Balaban J connectivity index is 2.58. The first-order chi connectivity index (χ1) is 8.72. The number of ketones is 1. The van der Waals surface area contributed by atoms with Crippen molar-refractivity contribution in [1.82, 2.24) is 0 Å². The molecular weight excluding hydrogens is 228 g/mol. The van der Waals surface area contributed by atoms with Gasteiger partial charge in [-0.1, -0.05) is 37.3 Å².